The van der Waals surface area contributed by atoms with Crippen LogP contribution in [0.15, 0.2) is 24.3 Å². The van der Waals surface area contributed by atoms with Crippen LogP contribution < -0.4 is 4.90 Å². The fourth-order valence-electron chi connectivity index (χ4n) is 3.58. The molecular weight excluding hydrogens is 367 g/mol. The van der Waals surface area contributed by atoms with Crippen molar-refractivity contribution < 1.29 is 13.9 Å². The summed E-state index contributed by atoms with van der Waals surface area (Å²) in [7, 11) is 0. The van der Waals surface area contributed by atoms with Crippen molar-refractivity contribution in [2.75, 3.05) is 44.3 Å². The fourth-order valence-corrected chi connectivity index (χ4v) is 4.51. The number of amides is 1. The number of halogens is 1. The summed E-state index contributed by atoms with van der Waals surface area (Å²) in [4.78, 5) is 16.8. The van der Waals surface area contributed by atoms with Crippen LogP contribution >= 0.6 is 11.3 Å². The summed E-state index contributed by atoms with van der Waals surface area (Å²) in [6.45, 7) is 4.36. The molecule has 1 amide bonds. The van der Waals surface area contributed by atoms with Crippen molar-refractivity contribution in [3.05, 3.63) is 40.7 Å². The summed E-state index contributed by atoms with van der Waals surface area (Å²) in [6, 6.07) is 6.49. The van der Waals surface area contributed by atoms with Gasteiger partial charge in [-0.15, -0.1) is 10.2 Å². The quantitative estimate of drug-likeness (QED) is 0.802. The van der Waals surface area contributed by atoms with E-state index in [0.717, 1.165) is 41.6 Å². The van der Waals surface area contributed by atoms with E-state index in [1.54, 1.807) is 23.5 Å². The Morgan fingerprint density at radius 1 is 1.11 bits per heavy atom. The normalized spacial score (nSPS) is 18.7. The van der Waals surface area contributed by atoms with Gasteiger partial charge in [0.15, 0.2) is 0 Å². The molecule has 0 N–H and O–H groups in total. The Morgan fingerprint density at radius 2 is 1.81 bits per heavy atom. The second-order valence-corrected chi connectivity index (χ2v) is 8.02. The average Bonchev–Trinajstić information content (AvgIpc) is 3.18. The monoisotopic (exact) mass is 390 g/mol. The van der Waals surface area contributed by atoms with E-state index in [1.165, 1.54) is 12.1 Å². The number of rotatable bonds is 4. The van der Waals surface area contributed by atoms with Gasteiger partial charge in [0.25, 0.3) is 0 Å². The van der Waals surface area contributed by atoms with Gasteiger partial charge in [-0.2, -0.15) is 0 Å². The lowest BCUT2D eigenvalue weighted by atomic mass is 9.95. The Hall–Kier alpha value is -2.06. The van der Waals surface area contributed by atoms with Crippen LogP contribution in [0.3, 0.4) is 0 Å². The number of hydrogen-bond acceptors (Lipinski definition) is 6. The first-order chi connectivity index (χ1) is 13.2. The molecule has 0 aliphatic carbocycles. The highest BCUT2D eigenvalue weighted by molar-refractivity contribution is 7.15. The van der Waals surface area contributed by atoms with E-state index < -0.39 is 0 Å². The highest BCUT2D eigenvalue weighted by Gasteiger charge is 2.30. The molecular formula is C19H23FN4O2S. The first-order valence-corrected chi connectivity index (χ1v) is 10.2. The lowest BCUT2D eigenvalue weighted by Crippen LogP contribution is -2.46. The van der Waals surface area contributed by atoms with E-state index in [0.29, 0.717) is 32.7 Å². The predicted octanol–water partition coefficient (Wildman–Crippen LogP) is 2.34. The van der Waals surface area contributed by atoms with Crippen LogP contribution in [0.1, 0.15) is 23.4 Å². The molecule has 2 saturated heterocycles. The van der Waals surface area contributed by atoms with Crippen molar-refractivity contribution in [1.29, 1.82) is 0 Å². The Labute approximate surface area is 161 Å². The molecule has 3 heterocycles. The van der Waals surface area contributed by atoms with Gasteiger partial charge in [0.2, 0.25) is 11.0 Å². The van der Waals surface area contributed by atoms with Crippen LogP contribution in [0.25, 0.3) is 0 Å². The molecule has 144 valence electrons. The molecule has 0 unspecified atom stereocenters. The maximum atomic E-state index is 13.0. The van der Waals surface area contributed by atoms with Crippen molar-refractivity contribution >= 4 is 22.4 Å². The molecule has 6 nitrogen and oxygen atoms in total. The number of carbonyl (C=O) groups is 1. The second-order valence-electron chi connectivity index (χ2n) is 6.98. The van der Waals surface area contributed by atoms with E-state index in [2.05, 4.69) is 15.1 Å². The van der Waals surface area contributed by atoms with Gasteiger partial charge < -0.3 is 14.5 Å². The maximum Gasteiger partial charge on any atom is 0.225 e. The number of aromatic nitrogens is 2. The summed E-state index contributed by atoms with van der Waals surface area (Å²) in [6.07, 6.45) is 2.36. The zero-order chi connectivity index (χ0) is 18.6. The molecule has 27 heavy (non-hydrogen) atoms. The molecule has 2 aromatic rings. The molecule has 0 atom stereocenters. The lowest BCUT2D eigenvalue weighted by molar-refractivity contribution is -0.140. The topological polar surface area (TPSA) is 58.6 Å². The van der Waals surface area contributed by atoms with Gasteiger partial charge in [-0.05, 0) is 30.5 Å². The standard InChI is InChI=1S/C19H23FN4O2S/c20-16-3-1-14(2-4-16)13-17-21-22-19(27-17)24-7-5-15(6-8-24)18(25)23-9-11-26-12-10-23/h1-4,15H,5-13H2. The minimum atomic E-state index is -0.230. The van der Waals surface area contributed by atoms with Gasteiger partial charge >= 0.3 is 0 Å². The summed E-state index contributed by atoms with van der Waals surface area (Å²) in [5.41, 5.74) is 1.02. The molecule has 2 fully saturated rings. The summed E-state index contributed by atoms with van der Waals surface area (Å²) < 4.78 is 18.3. The molecule has 1 aromatic heterocycles. The molecule has 2 aliphatic rings. The molecule has 1 aromatic carbocycles. The van der Waals surface area contributed by atoms with Crippen LogP contribution in [0.2, 0.25) is 0 Å². The Morgan fingerprint density at radius 3 is 2.52 bits per heavy atom. The van der Waals surface area contributed by atoms with Crippen molar-refractivity contribution in [1.82, 2.24) is 15.1 Å². The third kappa shape index (κ3) is 4.44. The Balaban J connectivity index is 1.31. The van der Waals surface area contributed by atoms with E-state index in [1.807, 2.05) is 4.90 Å². The Kier molecular flexibility index (Phi) is 5.63. The SMILES string of the molecule is O=C(C1CCN(c2nnc(Cc3ccc(F)cc3)s2)CC1)N1CCOCC1. The molecule has 0 radical (unpaired) electrons. The van der Waals surface area contributed by atoms with Crippen molar-refractivity contribution in [2.24, 2.45) is 5.92 Å². The Bertz CT molecular complexity index is 768. The number of nitrogens with zero attached hydrogens (tertiary/aromatic N) is 4. The van der Waals surface area contributed by atoms with Crippen molar-refractivity contribution in [2.45, 2.75) is 19.3 Å². The van der Waals surface area contributed by atoms with Crippen molar-refractivity contribution in [3.63, 3.8) is 0 Å². The maximum absolute atomic E-state index is 13.0. The molecule has 0 spiro atoms. The zero-order valence-corrected chi connectivity index (χ0v) is 16.0. The summed E-state index contributed by atoms with van der Waals surface area (Å²) >= 11 is 1.57. The number of hydrogen-bond donors (Lipinski definition) is 0. The highest BCUT2D eigenvalue weighted by Crippen LogP contribution is 2.28. The van der Waals surface area contributed by atoms with E-state index in [9.17, 15) is 9.18 Å². The second kappa shape index (κ2) is 8.31. The number of morpholine rings is 1. The number of carbonyl (C=O) groups excluding carboxylic acids is 1. The molecule has 4 rings (SSSR count). The van der Waals surface area contributed by atoms with Gasteiger partial charge in [0, 0.05) is 38.5 Å². The van der Waals surface area contributed by atoms with Crippen LogP contribution in [-0.2, 0) is 16.0 Å². The predicted molar refractivity (Wildman–Crippen MR) is 101 cm³/mol. The van der Waals surface area contributed by atoms with Crippen LogP contribution in [0.5, 0.6) is 0 Å². The van der Waals surface area contributed by atoms with Gasteiger partial charge in [-0.1, -0.05) is 23.5 Å². The number of piperidine rings is 1. The number of ether oxygens (including phenoxy) is 1. The summed E-state index contributed by atoms with van der Waals surface area (Å²) in [5, 5.41) is 10.4. The third-order valence-electron chi connectivity index (χ3n) is 5.16. The summed E-state index contributed by atoms with van der Waals surface area (Å²) in [5.74, 6) is 0.143. The minimum Gasteiger partial charge on any atom is -0.378 e. The van der Waals surface area contributed by atoms with Crippen LogP contribution in [-0.4, -0.2) is 60.4 Å². The average molecular weight is 390 g/mol. The molecule has 2 aliphatic heterocycles. The number of anilines is 1. The number of benzene rings is 1. The van der Waals surface area contributed by atoms with E-state index in [4.69, 9.17) is 4.74 Å². The fraction of sp³-hybridized carbons (Fsp3) is 0.526. The van der Waals surface area contributed by atoms with Gasteiger partial charge in [0.1, 0.15) is 10.8 Å². The van der Waals surface area contributed by atoms with Gasteiger partial charge in [-0.3, -0.25) is 4.79 Å². The van der Waals surface area contributed by atoms with Gasteiger partial charge in [-0.25, -0.2) is 4.39 Å². The molecule has 8 heteroatoms. The van der Waals surface area contributed by atoms with Crippen LogP contribution in [0, 0.1) is 11.7 Å². The van der Waals surface area contributed by atoms with Gasteiger partial charge in [0.05, 0.1) is 13.2 Å². The highest BCUT2D eigenvalue weighted by atomic mass is 32.1. The van der Waals surface area contributed by atoms with Crippen molar-refractivity contribution in [3.8, 4) is 0 Å². The lowest BCUT2D eigenvalue weighted by Gasteiger charge is -2.35. The molecule has 0 bridgehead atoms. The van der Waals surface area contributed by atoms with E-state index >= 15 is 0 Å². The smallest absolute Gasteiger partial charge is 0.225 e. The minimum absolute atomic E-state index is 0.103. The first-order valence-electron chi connectivity index (χ1n) is 9.37. The first kappa shape index (κ1) is 18.3. The largest absolute Gasteiger partial charge is 0.378 e. The molecule has 0 saturated carbocycles. The zero-order valence-electron chi connectivity index (χ0n) is 15.1. The van der Waals surface area contributed by atoms with Crippen LogP contribution in [0.4, 0.5) is 9.52 Å². The van der Waals surface area contributed by atoms with E-state index in [-0.39, 0.29) is 17.6 Å². The third-order valence-corrected chi connectivity index (χ3v) is 6.15.